The van der Waals surface area contributed by atoms with E-state index in [0.717, 1.165) is 34.1 Å². The average molecular weight is 441 g/mol. The lowest BCUT2D eigenvalue weighted by Crippen LogP contribution is -2.28. The van der Waals surface area contributed by atoms with Gasteiger partial charge < -0.3 is 15.1 Å². The highest BCUT2D eigenvalue weighted by molar-refractivity contribution is 7.17. The van der Waals surface area contributed by atoms with E-state index in [4.69, 9.17) is 4.98 Å². The van der Waals surface area contributed by atoms with Crippen LogP contribution in [0.2, 0.25) is 0 Å². The first kappa shape index (κ1) is 21.2. The van der Waals surface area contributed by atoms with E-state index in [0.29, 0.717) is 23.9 Å². The number of nitrogens with one attached hydrogen (secondary N) is 1. The first-order valence-electron chi connectivity index (χ1n) is 10.1. The molecule has 1 N–H and O–H groups in total. The standard InChI is InChI=1S/C22H25FN6OS/c1-13-19(31-22(24-2)26-13)20(30)29-9-8-15(12-29)18-17(11-25-21(27-18)28(3)4)14-6-5-7-16(23)10-14/h5-7,10-11,15H,8-9,12H2,1-4H3,(H,24,26)/t15-/m0/s1. The van der Waals surface area contributed by atoms with Crippen LogP contribution in [0.5, 0.6) is 0 Å². The summed E-state index contributed by atoms with van der Waals surface area (Å²) in [6.45, 7) is 3.05. The zero-order valence-electron chi connectivity index (χ0n) is 18.0. The van der Waals surface area contributed by atoms with Gasteiger partial charge in [-0.25, -0.2) is 19.3 Å². The van der Waals surface area contributed by atoms with E-state index in [1.54, 1.807) is 19.3 Å². The van der Waals surface area contributed by atoms with Crippen LogP contribution in [0.4, 0.5) is 15.5 Å². The van der Waals surface area contributed by atoms with E-state index in [1.165, 1.54) is 23.5 Å². The lowest BCUT2D eigenvalue weighted by molar-refractivity contribution is 0.0794. The normalized spacial score (nSPS) is 15.9. The lowest BCUT2D eigenvalue weighted by Gasteiger charge is -2.19. The predicted octanol–water partition coefficient (Wildman–Crippen LogP) is 3.79. The van der Waals surface area contributed by atoms with Crippen LogP contribution in [-0.2, 0) is 0 Å². The molecule has 1 atom stereocenters. The monoisotopic (exact) mass is 440 g/mol. The summed E-state index contributed by atoms with van der Waals surface area (Å²) < 4.78 is 13.9. The molecule has 1 saturated heterocycles. The van der Waals surface area contributed by atoms with Gasteiger partial charge >= 0.3 is 0 Å². The van der Waals surface area contributed by atoms with E-state index in [2.05, 4.69) is 15.3 Å². The number of hydrogen-bond acceptors (Lipinski definition) is 7. The highest BCUT2D eigenvalue weighted by atomic mass is 32.1. The molecule has 1 aliphatic rings. The van der Waals surface area contributed by atoms with Crippen molar-refractivity contribution in [3.05, 3.63) is 52.5 Å². The van der Waals surface area contributed by atoms with Crippen LogP contribution in [0.15, 0.2) is 30.5 Å². The van der Waals surface area contributed by atoms with Gasteiger partial charge in [0.15, 0.2) is 5.13 Å². The van der Waals surface area contributed by atoms with Crippen LogP contribution < -0.4 is 10.2 Å². The van der Waals surface area contributed by atoms with Gasteiger partial charge in [-0.3, -0.25) is 4.79 Å². The van der Waals surface area contributed by atoms with Gasteiger partial charge in [0, 0.05) is 51.9 Å². The van der Waals surface area contributed by atoms with Crippen LogP contribution in [0.1, 0.15) is 33.4 Å². The van der Waals surface area contributed by atoms with Crippen molar-refractivity contribution in [1.29, 1.82) is 0 Å². The van der Waals surface area contributed by atoms with Gasteiger partial charge in [0.1, 0.15) is 10.7 Å². The molecule has 0 radical (unpaired) electrons. The van der Waals surface area contributed by atoms with E-state index >= 15 is 0 Å². The molecule has 0 bridgehead atoms. The molecule has 4 rings (SSSR count). The topological polar surface area (TPSA) is 74.2 Å². The van der Waals surface area contributed by atoms with Crippen molar-refractivity contribution in [1.82, 2.24) is 19.9 Å². The highest BCUT2D eigenvalue weighted by Gasteiger charge is 2.32. The number of carbonyl (C=O) groups excluding carboxylic acids is 1. The van der Waals surface area contributed by atoms with Crippen molar-refractivity contribution < 1.29 is 9.18 Å². The van der Waals surface area contributed by atoms with E-state index in [-0.39, 0.29) is 17.6 Å². The van der Waals surface area contributed by atoms with Gasteiger partial charge in [-0.2, -0.15) is 0 Å². The van der Waals surface area contributed by atoms with Gasteiger partial charge in [0.25, 0.3) is 5.91 Å². The number of likely N-dealkylation sites (tertiary alicyclic amines) is 1. The fourth-order valence-electron chi connectivity index (χ4n) is 3.80. The number of benzene rings is 1. The third-order valence-electron chi connectivity index (χ3n) is 5.41. The summed E-state index contributed by atoms with van der Waals surface area (Å²) in [6, 6.07) is 6.46. The molecule has 3 aromatic rings. The predicted molar refractivity (Wildman–Crippen MR) is 121 cm³/mol. The Morgan fingerprint density at radius 2 is 2.13 bits per heavy atom. The molecule has 1 fully saturated rings. The molecule has 0 unspecified atom stereocenters. The zero-order chi connectivity index (χ0) is 22.1. The molecule has 0 spiro atoms. The molecule has 3 heterocycles. The Hall–Kier alpha value is -3.07. The molecule has 162 valence electrons. The van der Waals surface area contributed by atoms with E-state index in [9.17, 15) is 9.18 Å². The number of thiazole rings is 1. The van der Waals surface area contributed by atoms with Crippen LogP contribution in [0.3, 0.4) is 0 Å². The van der Waals surface area contributed by atoms with Gasteiger partial charge in [0.05, 0.1) is 11.4 Å². The summed E-state index contributed by atoms with van der Waals surface area (Å²) in [6.07, 6.45) is 2.54. The van der Waals surface area contributed by atoms with Crippen molar-refractivity contribution in [3.8, 4) is 11.1 Å². The number of rotatable bonds is 5. The van der Waals surface area contributed by atoms with Gasteiger partial charge in [0.2, 0.25) is 5.95 Å². The van der Waals surface area contributed by atoms with Crippen molar-refractivity contribution in [3.63, 3.8) is 0 Å². The Bertz CT molecular complexity index is 1120. The second-order valence-corrected chi connectivity index (χ2v) is 8.79. The van der Waals surface area contributed by atoms with Crippen molar-refractivity contribution in [2.45, 2.75) is 19.3 Å². The Kier molecular flexibility index (Phi) is 5.86. The Labute approximate surface area is 185 Å². The summed E-state index contributed by atoms with van der Waals surface area (Å²) in [5.41, 5.74) is 3.12. The number of aromatic nitrogens is 3. The summed E-state index contributed by atoms with van der Waals surface area (Å²) >= 11 is 1.37. The van der Waals surface area contributed by atoms with Crippen LogP contribution in [0, 0.1) is 12.7 Å². The molecule has 31 heavy (non-hydrogen) atoms. The summed E-state index contributed by atoms with van der Waals surface area (Å²) in [5, 5.41) is 3.73. The second kappa shape index (κ2) is 8.58. The smallest absolute Gasteiger partial charge is 0.265 e. The molecule has 1 amide bonds. The number of aryl methyl sites for hydroxylation is 1. The van der Waals surface area contributed by atoms with Gasteiger partial charge in [-0.15, -0.1) is 0 Å². The van der Waals surface area contributed by atoms with Crippen LogP contribution >= 0.6 is 11.3 Å². The third-order valence-corrected chi connectivity index (χ3v) is 6.57. The number of halogens is 1. The number of hydrogen-bond donors (Lipinski definition) is 1. The molecule has 2 aromatic heterocycles. The first-order valence-corrected chi connectivity index (χ1v) is 10.9. The lowest BCUT2D eigenvalue weighted by atomic mass is 9.96. The fourth-order valence-corrected chi connectivity index (χ4v) is 4.69. The fraction of sp³-hybridized carbons (Fsp3) is 0.364. The quantitative estimate of drug-likeness (QED) is 0.651. The number of nitrogens with zero attached hydrogens (tertiary/aromatic N) is 5. The molecular formula is C22H25FN6OS. The minimum absolute atomic E-state index is 0.00630. The molecule has 0 saturated carbocycles. The van der Waals surface area contributed by atoms with Gasteiger partial charge in [-0.1, -0.05) is 23.5 Å². The minimum atomic E-state index is -0.302. The second-order valence-electron chi connectivity index (χ2n) is 7.79. The molecule has 7 nitrogen and oxygen atoms in total. The third kappa shape index (κ3) is 4.23. The maximum Gasteiger partial charge on any atom is 0.265 e. The summed E-state index contributed by atoms with van der Waals surface area (Å²) in [7, 11) is 5.57. The minimum Gasteiger partial charge on any atom is -0.365 e. The maximum absolute atomic E-state index is 13.9. The number of carbonyl (C=O) groups is 1. The summed E-state index contributed by atoms with van der Waals surface area (Å²) in [5.74, 6) is 0.329. The van der Waals surface area contributed by atoms with Crippen molar-refractivity contribution >= 4 is 28.3 Å². The van der Waals surface area contributed by atoms with Crippen molar-refractivity contribution in [2.75, 3.05) is 44.4 Å². The molecule has 0 aliphatic carbocycles. The Morgan fingerprint density at radius 1 is 1.32 bits per heavy atom. The molecular weight excluding hydrogens is 415 g/mol. The number of anilines is 2. The number of amides is 1. The molecule has 1 aromatic carbocycles. The van der Waals surface area contributed by atoms with E-state index < -0.39 is 0 Å². The zero-order valence-corrected chi connectivity index (χ0v) is 18.8. The van der Waals surface area contributed by atoms with Gasteiger partial charge in [-0.05, 0) is 31.0 Å². The van der Waals surface area contributed by atoms with Crippen molar-refractivity contribution in [2.24, 2.45) is 0 Å². The highest BCUT2D eigenvalue weighted by Crippen LogP contribution is 2.35. The van der Waals surface area contributed by atoms with Crippen LogP contribution in [0.25, 0.3) is 11.1 Å². The SMILES string of the molecule is CNc1nc(C)c(C(=O)N2CC[C@H](c3nc(N(C)C)ncc3-c3cccc(F)c3)C2)s1. The van der Waals surface area contributed by atoms with Crippen LogP contribution in [-0.4, -0.2) is 60.0 Å². The molecule has 9 heteroatoms. The Balaban J connectivity index is 1.65. The first-order chi connectivity index (χ1) is 14.9. The molecule has 1 aliphatic heterocycles. The Morgan fingerprint density at radius 3 is 2.81 bits per heavy atom. The average Bonchev–Trinajstić information content (AvgIpc) is 3.39. The maximum atomic E-state index is 13.9. The van der Waals surface area contributed by atoms with E-state index in [1.807, 2.05) is 36.9 Å². The summed E-state index contributed by atoms with van der Waals surface area (Å²) in [4.78, 5) is 31.1. The largest absolute Gasteiger partial charge is 0.365 e.